The Balaban J connectivity index is 2.00. The molecule has 2 heterocycles. The van der Waals surface area contributed by atoms with Crippen molar-refractivity contribution in [3.05, 3.63) is 71.8 Å². The second kappa shape index (κ2) is 8.17. The molecule has 8 nitrogen and oxygen atoms in total. The number of benzene rings is 1. The van der Waals surface area contributed by atoms with Gasteiger partial charge in [0.25, 0.3) is 5.69 Å². The molecule has 2 aliphatic rings. The summed E-state index contributed by atoms with van der Waals surface area (Å²) in [7, 11) is 1.42. The summed E-state index contributed by atoms with van der Waals surface area (Å²) in [4.78, 5) is 26.7. The third kappa shape index (κ3) is 3.49. The number of nitrogens with zero attached hydrogens (tertiary/aromatic N) is 3. The van der Waals surface area contributed by atoms with E-state index in [1.54, 1.807) is 6.07 Å². The normalized spacial score (nSPS) is 18.7. The van der Waals surface area contributed by atoms with Crippen molar-refractivity contribution in [2.24, 2.45) is 5.73 Å². The standard InChI is InChI=1S/C21H17BrN4O4S/c1-30-11-5-6-13(15(9-11)26(28)29)25-14-3-2-4-16(27)20(14)19(12(10-23)21(25)24)17-7-8-18(22)31-17/h5-9,19H,2-4,24H2,1H3. The number of Topliss-reactive ketones (excluding diaryl/α,β-unsaturated/α-hetero) is 1. The molecule has 0 spiro atoms. The van der Waals surface area contributed by atoms with Gasteiger partial charge in [0.1, 0.15) is 17.3 Å². The quantitative estimate of drug-likeness (QED) is 0.475. The number of nitro benzene ring substituents is 1. The fourth-order valence-electron chi connectivity index (χ4n) is 4.10. The Morgan fingerprint density at radius 1 is 1.35 bits per heavy atom. The molecule has 1 aliphatic heterocycles. The summed E-state index contributed by atoms with van der Waals surface area (Å²) in [6.45, 7) is 0. The maximum Gasteiger partial charge on any atom is 0.296 e. The van der Waals surface area contributed by atoms with Crippen molar-refractivity contribution >= 4 is 44.4 Å². The first-order valence-corrected chi connectivity index (χ1v) is 11.0. The van der Waals surface area contributed by atoms with Crippen LogP contribution in [0, 0.1) is 21.4 Å². The molecule has 0 radical (unpaired) electrons. The minimum Gasteiger partial charge on any atom is -0.496 e. The van der Waals surface area contributed by atoms with Crippen LogP contribution in [-0.2, 0) is 4.79 Å². The molecule has 10 heteroatoms. The average Bonchev–Trinajstić information content (AvgIpc) is 3.18. The predicted molar refractivity (Wildman–Crippen MR) is 120 cm³/mol. The van der Waals surface area contributed by atoms with Crippen LogP contribution in [0.5, 0.6) is 5.75 Å². The summed E-state index contributed by atoms with van der Waals surface area (Å²) < 4.78 is 6.00. The van der Waals surface area contributed by atoms with Crippen molar-refractivity contribution in [1.82, 2.24) is 0 Å². The Labute approximate surface area is 190 Å². The van der Waals surface area contributed by atoms with Crippen molar-refractivity contribution in [2.45, 2.75) is 25.2 Å². The van der Waals surface area contributed by atoms with Gasteiger partial charge in [-0.2, -0.15) is 5.26 Å². The van der Waals surface area contributed by atoms with Crippen molar-refractivity contribution in [2.75, 3.05) is 12.0 Å². The van der Waals surface area contributed by atoms with Crippen LogP contribution in [0.4, 0.5) is 11.4 Å². The average molecular weight is 501 g/mol. The lowest BCUT2D eigenvalue weighted by Crippen LogP contribution is -2.38. The summed E-state index contributed by atoms with van der Waals surface area (Å²) in [6.07, 6.45) is 1.49. The molecule has 1 aromatic carbocycles. The highest BCUT2D eigenvalue weighted by molar-refractivity contribution is 9.11. The van der Waals surface area contributed by atoms with Gasteiger partial charge in [0.2, 0.25) is 0 Å². The van der Waals surface area contributed by atoms with Crippen LogP contribution in [0.25, 0.3) is 0 Å². The van der Waals surface area contributed by atoms with Crippen LogP contribution in [0.3, 0.4) is 0 Å². The van der Waals surface area contributed by atoms with Gasteiger partial charge < -0.3 is 10.5 Å². The number of thiophene rings is 1. The molecule has 158 valence electrons. The van der Waals surface area contributed by atoms with E-state index < -0.39 is 10.8 Å². The molecule has 1 atom stereocenters. The fourth-order valence-corrected chi connectivity index (χ4v) is 5.64. The van der Waals surface area contributed by atoms with Crippen molar-refractivity contribution in [1.29, 1.82) is 5.26 Å². The van der Waals surface area contributed by atoms with Gasteiger partial charge in [0.05, 0.1) is 39.4 Å². The molecular weight excluding hydrogens is 484 g/mol. The number of ether oxygens (including phenoxy) is 1. The van der Waals surface area contributed by atoms with Gasteiger partial charge in [-0.3, -0.25) is 19.8 Å². The molecule has 2 N–H and O–H groups in total. The second-order valence-electron chi connectivity index (χ2n) is 7.07. The zero-order valence-corrected chi connectivity index (χ0v) is 18.8. The van der Waals surface area contributed by atoms with Gasteiger partial charge >= 0.3 is 0 Å². The first-order chi connectivity index (χ1) is 14.9. The molecule has 0 fully saturated rings. The lowest BCUT2D eigenvalue weighted by Gasteiger charge is -2.39. The minimum absolute atomic E-state index is 0.0720. The van der Waals surface area contributed by atoms with Crippen LogP contribution in [-0.4, -0.2) is 17.8 Å². The molecule has 4 rings (SSSR count). The number of methoxy groups -OCH3 is 1. The van der Waals surface area contributed by atoms with E-state index in [9.17, 15) is 20.2 Å². The predicted octanol–water partition coefficient (Wildman–Crippen LogP) is 4.73. The maximum absolute atomic E-state index is 13.1. The smallest absolute Gasteiger partial charge is 0.296 e. The van der Waals surface area contributed by atoms with Crippen LogP contribution in [0.15, 0.2) is 56.8 Å². The maximum atomic E-state index is 13.1. The number of nitro groups is 1. The summed E-state index contributed by atoms with van der Waals surface area (Å²) in [5, 5.41) is 21.8. The zero-order chi connectivity index (χ0) is 22.3. The molecular formula is C21H17BrN4O4S. The topological polar surface area (TPSA) is 122 Å². The minimum atomic E-state index is -0.586. The van der Waals surface area contributed by atoms with E-state index in [2.05, 4.69) is 22.0 Å². The summed E-state index contributed by atoms with van der Waals surface area (Å²) in [5.41, 5.74) is 7.74. The second-order valence-corrected chi connectivity index (χ2v) is 9.56. The Hall–Kier alpha value is -3.16. The van der Waals surface area contributed by atoms with E-state index in [1.165, 1.54) is 35.5 Å². The van der Waals surface area contributed by atoms with Crippen LogP contribution >= 0.6 is 27.3 Å². The number of nitrogens with two attached hydrogens (primary N) is 1. The Kier molecular flexibility index (Phi) is 5.56. The molecule has 1 aliphatic carbocycles. The highest BCUT2D eigenvalue weighted by Crippen LogP contribution is 2.49. The van der Waals surface area contributed by atoms with E-state index in [-0.39, 0.29) is 28.6 Å². The number of hydrogen-bond acceptors (Lipinski definition) is 8. The number of carbonyl (C=O) groups is 1. The lowest BCUT2D eigenvalue weighted by atomic mass is 9.78. The number of rotatable bonds is 4. The molecule has 31 heavy (non-hydrogen) atoms. The molecule has 0 amide bonds. The largest absolute Gasteiger partial charge is 0.496 e. The van der Waals surface area contributed by atoms with Crippen LogP contribution in [0.1, 0.15) is 30.1 Å². The number of allylic oxidation sites excluding steroid dienone is 3. The monoisotopic (exact) mass is 500 g/mol. The number of halogens is 1. The lowest BCUT2D eigenvalue weighted by molar-refractivity contribution is -0.384. The number of anilines is 1. The SMILES string of the molecule is COc1ccc(N2C(N)=C(C#N)C(c3ccc(Br)s3)C3=C2CCCC3=O)c([N+](=O)[O-])c1. The molecule has 1 aromatic heterocycles. The van der Waals surface area contributed by atoms with Crippen molar-refractivity contribution in [3.8, 4) is 11.8 Å². The van der Waals surface area contributed by atoms with Crippen LogP contribution < -0.4 is 15.4 Å². The van der Waals surface area contributed by atoms with Crippen molar-refractivity contribution in [3.63, 3.8) is 0 Å². The first-order valence-electron chi connectivity index (χ1n) is 9.41. The third-order valence-corrected chi connectivity index (χ3v) is 7.10. The van der Waals surface area contributed by atoms with Crippen LogP contribution in [0.2, 0.25) is 0 Å². The Morgan fingerprint density at radius 3 is 2.74 bits per heavy atom. The summed E-state index contributed by atoms with van der Waals surface area (Å²) in [6, 6.07) is 10.3. The molecule has 0 saturated carbocycles. The zero-order valence-electron chi connectivity index (χ0n) is 16.4. The number of carbonyl (C=O) groups excluding carboxylic acids is 1. The van der Waals surface area contributed by atoms with E-state index in [4.69, 9.17) is 10.5 Å². The Morgan fingerprint density at radius 2 is 2.13 bits per heavy atom. The summed E-state index contributed by atoms with van der Waals surface area (Å²) >= 11 is 4.87. The number of ketones is 1. The van der Waals surface area contributed by atoms with Gasteiger partial charge in [0, 0.05) is 22.6 Å². The number of hydrogen-bond donors (Lipinski definition) is 1. The highest BCUT2D eigenvalue weighted by Gasteiger charge is 2.42. The molecule has 0 bridgehead atoms. The van der Waals surface area contributed by atoms with E-state index in [1.807, 2.05) is 12.1 Å². The van der Waals surface area contributed by atoms with E-state index >= 15 is 0 Å². The van der Waals surface area contributed by atoms with Gasteiger partial charge in [0.15, 0.2) is 5.78 Å². The highest BCUT2D eigenvalue weighted by atomic mass is 79.9. The van der Waals surface area contributed by atoms with Gasteiger partial charge in [-0.1, -0.05) is 0 Å². The van der Waals surface area contributed by atoms with Gasteiger partial charge in [-0.05, 0) is 53.0 Å². The van der Waals surface area contributed by atoms with E-state index in [0.29, 0.717) is 36.3 Å². The molecule has 2 aromatic rings. The van der Waals surface area contributed by atoms with E-state index in [0.717, 1.165) is 8.66 Å². The van der Waals surface area contributed by atoms with Crippen molar-refractivity contribution < 1.29 is 14.5 Å². The Bertz CT molecular complexity index is 1210. The first kappa shape index (κ1) is 21.1. The summed E-state index contributed by atoms with van der Waals surface area (Å²) in [5.74, 6) is -0.237. The molecule has 0 saturated heterocycles. The van der Waals surface area contributed by atoms with Gasteiger partial charge in [-0.25, -0.2) is 0 Å². The number of nitriles is 1. The molecule has 1 unspecified atom stereocenters. The third-order valence-electron chi connectivity index (χ3n) is 5.41. The fraction of sp³-hybridized carbons (Fsp3) is 0.238. The van der Waals surface area contributed by atoms with Gasteiger partial charge in [-0.15, -0.1) is 11.3 Å².